The van der Waals surface area contributed by atoms with Crippen LogP contribution in [0.5, 0.6) is 23.0 Å². The molecule has 0 bridgehead atoms. The molecule has 152 valence electrons. The summed E-state index contributed by atoms with van der Waals surface area (Å²) >= 11 is 0. The van der Waals surface area contributed by atoms with Gasteiger partial charge in [0.15, 0.2) is 17.2 Å². The number of para-hydroxylation sites is 1. The van der Waals surface area contributed by atoms with Gasteiger partial charge in [0.1, 0.15) is 5.75 Å². The van der Waals surface area contributed by atoms with Gasteiger partial charge in [0, 0.05) is 0 Å². The molecular formula is C26H24O4. The maximum absolute atomic E-state index is 10.7. The SMILES string of the molecule is Oc1cc(CCc2cccc(CCc3ccc4ccccc4c3)c2O)cc(O)c1O. The van der Waals surface area contributed by atoms with Gasteiger partial charge >= 0.3 is 0 Å². The molecule has 0 saturated carbocycles. The van der Waals surface area contributed by atoms with Crippen molar-refractivity contribution in [1.29, 1.82) is 0 Å². The summed E-state index contributed by atoms with van der Waals surface area (Å²) in [5.74, 6) is -0.917. The number of phenolic OH excluding ortho intramolecular Hbond substituents is 4. The second kappa shape index (κ2) is 8.37. The molecule has 0 aliphatic heterocycles. The van der Waals surface area contributed by atoms with Gasteiger partial charge in [-0.1, -0.05) is 60.7 Å². The van der Waals surface area contributed by atoms with Crippen molar-refractivity contribution in [1.82, 2.24) is 0 Å². The Labute approximate surface area is 175 Å². The van der Waals surface area contributed by atoms with Crippen LogP contribution in [0.3, 0.4) is 0 Å². The van der Waals surface area contributed by atoms with E-state index in [4.69, 9.17) is 0 Å². The summed E-state index contributed by atoms with van der Waals surface area (Å²) in [6.07, 6.45) is 2.64. The lowest BCUT2D eigenvalue weighted by Crippen LogP contribution is -1.97. The van der Waals surface area contributed by atoms with E-state index in [1.54, 1.807) is 0 Å². The molecule has 4 aromatic carbocycles. The molecule has 0 amide bonds. The van der Waals surface area contributed by atoms with Crippen LogP contribution in [-0.4, -0.2) is 20.4 Å². The first-order chi connectivity index (χ1) is 14.5. The van der Waals surface area contributed by atoms with E-state index in [1.807, 2.05) is 30.3 Å². The molecule has 0 spiro atoms. The first-order valence-corrected chi connectivity index (χ1v) is 10.0. The molecule has 30 heavy (non-hydrogen) atoms. The minimum Gasteiger partial charge on any atom is -0.507 e. The summed E-state index contributed by atoms with van der Waals surface area (Å²) in [6.45, 7) is 0. The van der Waals surface area contributed by atoms with Gasteiger partial charge in [0.2, 0.25) is 0 Å². The van der Waals surface area contributed by atoms with Crippen molar-refractivity contribution < 1.29 is 20.4 Å². The van der Waals surface area contributed by atoms with Crippen LogP contribution >= 0.6 is 0 Å². The number of fused-ring (bicyclic) bond motifs is 1. The highest BCUT2D eigenvalue weighted by Crippen LogP contribution is 2.36. The third-order valence-corrected chi connectivity index (χ3v) is 5.51. The third kappa shape index (κ3) is 4.18. The maximum Gasteiger partial charge on any atom is 0.200 e. The number of hydrogen-bond donors (Lipinski definition) is 4. The summed E-state index contributed by atoms with van der Waals surface area (Å²) in [5.41, 5.74) is 3.63. The fourth-order valence-electron chi connectivity index (χ4n) is 3.81. The molecule has 4 rings (SSSR count). The van der Waals surface area contributed by atoms with E-state index >= 15 is 0 Å². The van der Waals surface area contributed by atoms with Crippen LogP contribution in [0.2, 0.25) is 0 Å². The zero-order chi connectivity index (χ0) is 21.1. The van der Waals surface area contributed by atoms with Crippen molar-refractivity contribution in [2.24, 2.45) is 0 Å². The van der Waals surface area contributed by atoms with Crippen molar-refractivity contribution in [2.45, 2.75) is 25.7 Å². The summed E-state index contributed by atoms with van der Waals surface area (Å²) in [4.78, 5) is 0. The highest BCUT2D eigenvalue weighted by Gasteiger charge is 2.11. The molecule has 4 aromatic rings. The molecule has 0 heterocycles. The Morgan fingerprint density at radius 1 is 0.467 bits per heavy atom. The Kier molecular flexibility index (Phi) is 5.48. The standard InChI is InChI=1S/C26H24O4/c27-23-15-18(16-24(28)26(23)30)10-13-21-7-3-6-20(25(21)29)12-9-17-8-11-19-4-1-2-5-22(19)14-17/h1-8,11,14-16,27-30H,9-10,12-13H2. The number of rotatable bonds is 6. The zero-order valence-corrected chi connectivity index (χ0v) is 16.5. The fraction of sp³-hybridized carbons (Fsp3) is 0.154. The second-order valence-corrected chi connectivity index (χ2v) is 7.59. The van der Waals surface area contributed by atoms with Crippen LogP contribution in [-0.2, 0) is 25.7 Å². The molecule has 0 unspecified atom stereocenters. The molecule has 4 N–H and O–H groups in total. The molecule has 4 heteroatoms. The van der Waals surface area contributed by atoms with E-state index in [1.165, 1.54) is 28.5 Å². The van der Waals surface area contributed by atoms with Crippen LogP contribution in [0.4, 0.5) is 0 Å². The lowest BCUT2D eigenvalue weighted by molar-refractivity contribution is 0.367. The highest BCUT2D eigenvalue weighted by atomic mass is 16.3. The van der Waals surface area contributed by atoms with Crippen LogP contribution in [0.15, 0.2) is 72.8 Å². The number of phenols is 4. The zero-order valence-electron chi connectivity index (χ0n) is 16.5. The van der Waals surface area contributed by atoms with E-state index < -0.39 is 5.75 Å². The van der Waals surface area contributed by atoms with Gasteiger partial charge in [-0.25, -0.2) is 0 Å². The predicted octanol–water partition coefficient (Wildman–Crippen LogP) is 5.23. The van der Waals surface area contributed by atoms with Crippen molar-refractivity contribution in [2.75, 3.05) is 0 Å². The van der Waals surface area contributed by atoms with Crippen LogP contribution in [0.25, 0.3) is 10.8 Å². The van der Waals surface area contributed by atoms with E-state index in [0.29, 0.717) is 24.2 Å². The molecule has 0 fully saturated rings. The Morgan fingerprint density at radius 2 is 1.07 bits per heavy atom. The van der Waals surface area contributed by atoms with E-state index in [2.05, 4.69) is 30.3 Å². The average Bonchev–Trinajstić information content (AvgIpc) is 2.75. The minimum absolute atomic E-state index is 0.297. The van der Waals surface area contributed by atoms with E-state index in [0.717, 1.165) is 24.0 Å². The largest absolute Gasteiger partial charge is 0.507 e. The normalized spacial score (nSPS) is 11.1. The number of aryl methyl sites for hydroxylation is 4. The number of benzene rings is 4. The van der Waals surface area contributed by atoms with Crippen molar-refractivity contribution >= 4 is 10.8 Å². The van der Waals surface area contributed by atoms with E-state index in [-0.39, 0.29) is 11.5 Å². The minimum atomic E-state index is -0.516. The average molecular weight is 400 g/mol. The lowest BCUT2D eigenvalue weighted by atomic mass is 9.97. The number of aromatic hydroxyl groups is 4. The van der Waals surface area contributed by atoms with Crippen LogP contribution < -0.4 is 0 Å². The Balaban J connectivity index is 1.45. The quantitative estimate of drug-likeness (QED) is 0.334. The molecule has 0 radical (unpaired) electrons. The van der Waals surface area contributed by atoms with Crippen molar-refractivity contribution in [3.8, 4) is 23.0 Å². The second-order valence-electron chi connectivity index (χ2n) is 7.59. The summed E-state index contributed by atoms with van der Waals surface area (Å²) in [5, 5.41) is 42.0. The van der Waals surface area contributed by atoms with E-state index in [9.17, 15) is 20.4 Å². The van der Waals surface area contributed by atoms with Gasteiger partial charge in [0.05, 0.1) is 0 Å². The topological polar surface area (TPSA) is 80.9 Å². The van der Waals surface area contributed by atoms with Crippen LogP contribution in [0, 0.1) is 0 Å². The number of hydrogen-bond acceptors (Lipinski definition) is 4. The third-order valence-electron chi connectivity index (χ3n) is 5.51. The maximum atomic E-state index is 10.7. The van der Waals surface area contributed by atoms with Crippen molar-refractivity contribution in [3.05, 3.63) is 95.1 Å². The van der Waals surface area contributed by atoms with Crippen molar-refractivity contribution in [3.63, 3.8) is 0 Å². The molecule has 4 nitrogen and oxygen atoms in total. The first kappa shape index (κ1) is 19.6. The molecule has 0 saturated heterocycles. The Morgan fingerprint density at radius 3 is 1.73 bits per heavy atom. The summed E-state index contributed by atoms with van der Waals surface area (Å²) in [7, 11) is 0. The van der Waals surface area contributed by atoms with Gasteiger partial charge in [-0.15, -0.1) is 0 Å². The molecule has 0 aliphatic rings. The molecular weight excluding hydrogens is 376 g/mol. The predicted molar refractivity (Wildman–Crippen MR) is 118 cm³/mol. The summed E-state index contributed by atoms with van der Waals surface area (Å²) in [6, 6.07) is 23.4. The Bertz CT molecular complexity index is 1170. The van der Waals surface area contributed by atoms with Gasteiger partial charge < -0.3 is 20.4 Å². The van der Waals surface area contributed by atoms with Gasteiger partial charge in [-0.2, -0.15) is 0 Å². The highest BCUT2D eigenvalue weighted by molar-refractivity contribution is 5.83. The van der Waals surface area contributed by atoms with Gasteiger partial charge in [-0.05, 0) is 70.8 Å². The van der Waals surface area contributed by atoms with Crippen LogP contribution in [0.1, 0.15) is 22.3 Å². The van der Waals surface area contributed by atoms with Gasteiger partial charge in [-0.3, -0.25) is 0 Å². The smallest absolute Gasteiger partial charge is 0.200 e. The lowest BCUT2D eigenvalue weighted by Gasteiger charge is -2.11. The summed E-state index contributed by atoms with van der Waals surface area (Å²) < 4.78 is 0. The fourth-order valence-corrected chi connectivity index (χ4v) is 3.81. The van der Waals surface area contributed by atoms with Gasteiger partial charge in [0.25, 0.3) is 0 Å². The first-order valence-electron chi connectivity index (χ1n) is 10.0. The molecule has 0 atom stereocenters. The molecule has 0 aliphatic carbocycles. The molecule has 0 aromatic heterocycles. The monoisotopic (exact) mass is 400 g/mol. The Hall–Kier alpha value is -3.66.